The van der Waals surface area contributed by atoms with Crippen LogP contribution in [0.5, 0.6) is 0 Å². The third kappa shape index (κ3) is 3.44. The number of benzene rings is 2. The SMILES string of the molecule is CSc1cccc(N2C(=O)N(Cc3ccccc3Cl)[C@@H]3CS(=O)(=O)C[C@@H]32)c1. The second-order valence-corrected chi connectivity index (χ2v) is 10.2. The Hall–Kier alpha value is -1.70. The molecular weight excluding hydrogens is 404 g/mol. The molecule has 2 aliphatic rings. The van der Waals surface area contributed by atoms with Crippen molar-refractivity contribution < 1.29 is 13.2 Å². The number of fused-ring (bicyclic) bond motifs is 1. The molecule has 0 spiro atoms. The van der Waals surface area contributed by atoms with Gasteiger partial charge in [-0.2, -0.15) is 0 Å². The van der Waals surface area contributed by atoms with Crippen molar-refractivity contribution in [3.05, 3.63) is 59.1 Å². The van der Waals surface area contributed by atoms with Gasteiger partial charge in [-0.1, -0.05) is 35.9 Å². The van der Waals surface area contributed by atoms with E-state index in [4.69, 9.17) is 11.6 Å². The van der Waals surface area contributed by atoms with E-state index in [0.29, 0.717) is 11.6 Å². The zero-order valence-corrected chi connectivity index (χ0v) is 17.1. The summed E-state index contributed by atoms with van der Waals surface area (Å²) in [6, 6.07) is 14.1. The number of urea groups is 1. The lowest BCUT2D eigenvalue weighted by Crippen LogP contribution is -2.37. The van der Waals surface area contributed by atoms with Crippen LogP contribution in [0.25, 0.3) is 0 Å². The zero-order chi connectivity index (χ0) is 19.2. The van der Waals surface area contributed by atoms with E-state index in [0.717, 1.165) is 16.1 Å². The summed E-state index contributed by atoms with van der Waals surface area (Å²) in [7, 11) is -3.19. The summed E-state index contributed by atoms with van der Waals surface area (Å²) in [6.45, 7) is 0.300. The Kier molecular flexibility index (Phi) is 4.86. The zero-order valence-electron chi connectivity index (χ0n) is 14.7. The van der Waals surface area contributed by atoms with Gasteiger partial charge in [0.05, 0.1) is 23.6 Å². The molecule has 2 fully saturated rings. The molecule has 2 heterocycles. The van der Waals surface area contributed by atoms with E-state index < -0.39 is 9.84 Å². The van der Waals surface area contributed by atoms with Gasteiger partial charge in [0.15, 0.2) is 9.84 Å². The predicted octanol–water partition coefficient (Wildman–Crippen LogP) is 3.67. The van der Waals surface area contributed by atoms with Crippen molar-refractivity contribution in [2.75, 3.05) is 22.7 Å². The average Bonchev–Trinajstić information content (AvgIpc) is 3.07. The summed E-state index contributed by atoms with van der Waals surface area (Å²) in [5, 5.41) is 0.575. The lowest BCUT2D eigenvalue weighted by molar-refractivity contribution is 0.206. The number of hydrogen-bond acceptors (Lipinski definition) is 4. The fourth-order valence-corrected chi connectivity index (χ4v) is 6.43. The minimum Gasteiger partial charge on any atom is -0.314 e. The minimum atomic E-state index is -3.19. The van der Waals surface area contributed by atoms with E-state index in [2.05, 4.69) is 0 Å². The van der Waals surface area contributed by atoms with Crippen LogP contribution in [0.3, 0.4) is 0 Å². The number of nitrogens with zero attached hydrogens (tertiary/aromatic N) is 2. The topological polar surface area (TPSA) is 57.7 Å². The molecule has 0 aromatic heterocycles. The van der Waals surface area contributed by atoms with Gasteiger partial charge < -0.3 is 4.90 Å². The summed E-state index contributed by atoms with van der Waals surface area (Å²) in [5.74, 6) is -0.0154. The second-order valence-electron chi connectivity index (χ2n) is 6.78. The number of amides is 2. The molecule has 0 N–H and O–H groups in total. The molecule has 27 heavy (non-hydrogen) atoms. The van der Waals surface area contributed by atoms with Gasteiger partial charge in [0.1, 0.15) is 0 Å². The van der Waals surface area contributed by atoms with Crippen LogP contribution in [0.2, 0.25) is 5.02 Å². The summed E-state index contributed by atoms with van der Waals surface area (Å²) < 4.78 is 24.6. The number of thioether (sulfide) groups is 1. The molecule has 0 bridgehead atoms. The van der Waals surface area contributed by atoms with E-state index in [1.54, 1.807) is 27.6 Å². The van der Waals surface area contributed by atoms with Crippen LogP contribution in [-0.2, 0) is 16.4 Å². The van der Waals surface area contributed by atoms with Crippen LogP contribution < -0.4 is 4.90 Å². The third-order valence-corrected chi connectivity index (χ3v) is 7.90. The summed E-state index contributed by atoms with van der Waals surface area (Å²) >= 11 is 7.86. The van der Waals surface area contributed by atoms with Crippen molar-refractivity contribution in [3.63, 3.8) is 0 Å². The normalized spacial score (nSPS) is 23.7. The summed E-state index contributed by atoms with van der Waals surface area (Å²) in [5.41, 5.74) is 1.55. The molecule has 0 saturated carbocycles. The Bertz CT molecular complexity index is 996. The Morgan fingerprint density at radius 2 is 1.85 bits per heavy atom. The highest BCUT2D eigenvalue weighted by Gasteiger charge is 2.53. The van der Waals surface area contributed by atoms with Crippen LogP contribution in [0.1, 0.15) is 5.56 Å². The first-order valence-corrected chi connectivity index (χ1v) is 12.0. The Labute approximate surface area is 168 Å². The van der Waals surface area contributed by atoms with Crippen LogP contribution in [0.15, 0.2) is 53.4 Å². The fraction of sp³-hybridized carbons (Fsp3) is 0.316. The van der Waals surface area contributed by atoms with Gasteiger partial charge >= 0.3 is 6.03 Å². The van der Waals surface area contributed by atoms with Crippen molar-refractivity contribution in [1.82, 2.24) is 4.90 Å². The highest BCUT2D eigenvalue weighted by atomic mass is 35.5. The molecule has 142 valence electrons. The molecule has 5 nitrogen and oxygen atoms in total. The molecule has 2 aliphatic heterocycles. The third-order valence-electron chi connectivity index (χ3n) is 5.11. The lowest BCUT2D eigenvalue weighted by Gasteiger charge is -2.23. The van der Waals surface area contributed by atoms with E-state index >= 15 is 0 Å². The minimum absolute atomic E-state index is 0.00736. The Balaban J connectivity index is 1.73. The molecule has 0 radical (unpaired) electrons. The van der Waals surface area contributed by atoms with Gasteiger partial charge in [0.2, 0.25) is 0 Å². The van der Waals surface area contributed by atoms with Gasteiger partial charge in [-0.25, -0.2) is 13.2 Å². The van der Waals surface area contributed by atoms with E-state index in [1.165, 1.54) is 0 Å². The maximum Gasteiger partial charge on any atom is 0.325 e. The van der Waals surface area contributed by atoms with Crippen molar-refractivity contribution in [2.45, 2.75) is 23.5 Å². The Morgan fingerprint density at radius 1 is 1.11 bits per heavy atom. The van der Waals surface area contributed by atoms with Gasteiger partial charge in [0, 0.05) is 22.2 Å². The molecule has 4 rings (SSSR count). The number of rotatable bonds is 4. The average molecular weight is 423 g/mol. The number of hydrogen-bond donors (Lipinski definition) is 0. The van der Waals surface area contributed by atoms with E-state index in [1.807, 2.05) is 48.7 Å². The van der Waals surface area contributed by atoms with Gasteiger partial charge in [-0.3, -0.25) is 4.90 Å². The number of carbonyl (C=O) groups excluding carboxylic acids is 1. The largest absolute Gasteiger partial charge is 0.325 e. The fourth-order valence-electron chi connectivity index (χ4n) is 3.83. The van der Waals surface area contributed by atoms with Crippen LogP contribution in [0.4, 0.5) is 10.5 Å². The van der Waals surface area contributed by atoms with Crippen LogP contribution >= 0.6 is 23.4 Å². The molecule has 2 aromatic carbocycles. The number of sulfone groups is 1. The molecular formula is C19H19ClN2O3S2. The molecule has 0 unspecified atom stereocenters. The van der Waals surface area contributed by atoms with Crippen LogP contribution in [-0.4, -0.2) is 49.2 Å². The molecule has 2 aromatic rings. The molecule has 8 heteroatoms. The second kappa shape index (κ2) is 7.04. The molecule has 2 amide bonds. The maximum absolute atomic E-state index is 13.3. The summed E-state index contributed by atoms with van der Waals surface area (Å²) in [6.07, 6.45) is 1.97. The first-order chi connectivity index (χ1) is 12.9. The predicted molar refractivity (Wildman–Crippen MR) is 109 cm³/mol. The highest BCUT2D eigenvalue weighted by molar-refractivity contribution is 7.98. The van der Waals surface area contributed by atoms with Crippen molar-refractivity contribution in [3.8, 4) is 0 Å². The summed E-state index contributed by atoms with van der Waals surface area (Å²) in [4.78, 5) is 17.6. The van der Waals surface area contributed by atoms with E-state index in [-0.39, 0.29) is 29.6 Å². The van der Waals surface area contributed by atoms with Gasteiger partial charge in [0.25, 0.3) is 0 Å². The molecule has 2 atom stereocenters. The Morgan fingerprint density at radius 3 is 2.59 bits per heavy atom. The monoisotopic (exact) mass is 422 g/mol. The quantitative estimate of drug-likeness (QED) is 0.557. The maximum atomic E-state index is 13.3. The van der Waals surface area contributed by atoms with E-state index in [9.17, 15) is 13.2 Å². The smallest absolute Gasteiger partial charge is 0.314 e. The molecule has 0 aliphatic carbocycles. The van der Waals surface area contributed by atoms with Gasteiger partial charge in [-0.15, -0.1) is 11.8 Å². The first kappa shape index (κ1) is 18.7. The highest BCUT2D eigenvalue weighted by Crippen LogP contribution is 2.37. The molecule has 2 saturated heterocycles. The first-order valence-electron chi connectivity index (χ1n) is 8.57. The number of carbonyl (C=O) groups is 1. The van der Waals surface area contributed by atoms with Crippen molar-refractivity contribution in [2.24, 2.45) is 0 Å². The number of halogens is 1. The lowest BCUT2D eigenvalue weighted by atomic mass is 10.1. The van der Waals surface area contributed by atoms with Crippen LogP contribution in [0, 0.1) is 0 Å². The van der Waals surface area contributed by atoms with Crippen molar-refractivity contribution in [1.29, 1.82) is 0 Å². The van der Waals surface area contributed by atoms with Gasteiger partial charge in [-0.05, 0) is 36.1 Å². The standard InChI is InChI=1S/C19H19ClN2O3S2/c1-26-15-7-4-6-14(9-15)22-18-12-27(24,25)11-17(18)21(19(22)23)10-13-5-2-3-8-16(13)20/h2-9,17-18H,10-12H2,1H3/t17-,18+/m1/s1. The number of anilines is 1. The van der Waals surface area contributed by atoms with Crippen molar-refractivity contribution >= 4 is 44.9 Å².